The molecule has 0 saturated heterocycles. The van der Waals surface area contributed by atoms with E-state index in [4.69, 9.17) is 5.11 Å². The van der Waals surface area contributed by atoms with E-state index in [0.717, 1.165) is 12.1 Å². The third-order valence-corrected chi connectivity index (χ3v) is 2.49. The van der Waals surface area contributed by atoms with Crippen LogP contribution in [0.3, 0.4) is 0 Å². The van der Waals surface area contributed by atoms with Crippen molar-refractivity contribution in [3.05, 3.63) is 59.7 Å². The molecule has 0 bridgehead atoms. The lowest BCUT2D eigenvalue weighted by Crippen LogP contribution is -2.19. The summed E-state index contributed by atoms with van der Waals surface area (Å²) < 4.78 is 25.9. The molecule has 0 heterocycles. The summed E-state index contributed by atoms with van der Waals surface area (Å²) in [4.78, 5) is 22.5. The van der Waals surface area contributed by atoms with E-state index in [0.29, 0.717) is 6.07 Å². The summed E-state index contributed by atoms with van der Waals surface area (Å²) in [7, 11) is 0. The topological polar surface area (TPSA) is 78.4 Å². The predicted octanol–water partition coefficient (Wildman–Crippen LogP) is 3.31. The molecule has 2 rings (SSSR count). The lowest BCUT2D eigenvalue weighted by Gasteiger charge is -2.08. The first kappa shape index (κ1) is 14.4. The Balaban J connectivity index is 2.08. The molecule has 3 N–H and O–H groups in total. The highest BCUT2D eigenvalue weighted by Crippen LogP contribution is 2.14. The lowest BCUT2D eigenvalue weighted by molar-refractivity contribution is 0.0697. The average molecular weight is 292 g/mol. The molecule has 0 unspecified atom stereocenters. The fraction of sp³-hybridized carbons (Fsp3) is 0. The first-order chi connectivity index (χ1) is 9.94. The van der Waals surface area contributed by atoms with E-state index in [1.165, 1.54) is 24.3 Å². The number of nitrogens with one attached hydrogen (secondary N) is 2. The first-order valence-electron chi connectivity index (χ1n) is 5.81. The van der Waals surface area contributed by atoms with Gasteiger partial charge >= 0.3 is 12.0 Å². The number of carbonyl (C=O) groups excluding carboxylic acids is 1. The van der Waals surface area contributed by atoms with Crippen LogP contribution >= 0.6 is 0 Å². The number of carbonyl (C=O) groups is 2. The van der Waals surface area contributed by atoms with Crippen molar-refractivity contribution in [1.29, 1.82) is 0 Å². The second kappa shape index (κ2) is 6.00. The van der Waals surface area contributed by atoms with Gasteiger partial charge in [0.1, 0.15) is 11.6 Å². The van der Waals surface area contributed by atoms with Gasteiger partial charge in [-0.05, 0) is 30.3 Å². The third-order valence-electron chi connectivity index (χ3n) is 2.49. The number of benzene rings is 2. The Morgan fingerprint density at radius 2 is 1.52 bits per heavy atom. The van der Waals surface area contributed by atoms with Crippen LogP contribution < -0.4 is 10.6 Å². The van der Waals surface area contributed by atoms with E-state index in [1.54, 1.807) is 0 Å². The Hall–Kier alpha value is -2.96. The van der Waals surface area contributed by atoms with Crippen molar-refractivity contribution in [2.45, 2.75) is 0 Å². The second-order valence-electron chi connectivity index (χ2n) is 4.12. The zero-order valence-electron chi connectivity index (χ0n) is 10.6. The number of halogens is 2. The summed E-state index contributed by atoms with van der Waals surface area (Å²) in [5.74, 6) is -2.78. The van der Waals surface area contributed by atoms with Gasteiger partial charge in [0.05, 0.1) is 5.56 Å². The minimum Gasteiger partial charge on any atom is -0.478 e. The van der Waals surface area contributed by atoms with Crippen molar-refractivity contribution < 1.29 is 23.5 Å². The van der Waals surface area contributed by atoms with Gasteiger partial charge in [0.2, 0.25) is 0 Å². The molecule has 0 radical (unpaired) electrons. The number of carboxylic acid groups (broad SMARTS) is 1. The molecule has 0 aliphatic rings. The van der Waals surface area contributed by atoms with Gasteiger partial charge in [-0.15, -0.1) is 0 Å². The van der Waals surface area contributed by atoms with Crippen molar-refractivity contribution in [3.63, 3.8) is 0 Å². The molecular weight excluding hydrogens is 282 g/mol. The van der Waals surface area contributed by atoms with Gasteiger partial charge in [0, 0.05) is 17.4 Å². The van der Waals surface area contributed by atoms with Crippen LogP contribution in [0.15, 0.2) is 42.5 Å². The Morgan fingerprint density at radius 3 is 2.14 bits per heavy atom. The zero-order chi connectivity index (χ0) is 15.4. The predicted molar refractivity (Wildman–Crippen MR) is 72.4 cm³/mol. The summed E-state index contributed by atoms with van der Waals surface area (Å²) in [6, 6.07) is 7.41. The summed E-state index contributed by atoms with van der Waals surface area (Å²) >= 11 is 0. The fourth-order valence-corrected chi connectivity index (χ4v) is 1.65. The van der Waals surface area contributed by atoms with Crippen LogP contribution in [0, 0.1) is 11.6 Å². The van der Waals surface area contributed by atoms with Crippen LogP contribution in [0.4, 0.5) is 25.0 Å². The SMILES string of the molecule is O=C(Nc1cc(F)cc(F)c1)Nc1cccc(C(=O)O)c1. The van der Waals surface area contributed by atoms with E-state index >= 15 is 0 Å². The van der Waals surface area contributed by atoms with Crippen molar-refractivity contribution >= 4 is 23.4 Å². The van der Waals surface area contributed by atoms with Gasteiger partial charge in [0.15, 0.2) is 0 Å². The monoisotopic (exact) mass is 292 g/mol. The van der Waals surface area contributed by atoms with Crippen LogP contribution in [0.25, 0.3) is 0 Å². The summed E-state index contributed by atoms with van der Waals surface area (Å²) in [5, 5.41) is 13.4. The number of urea groups is 1. The van der Waals surface area contributed by atoms with E-state index in [9.17, 15) is 18.4 Å². The highest BCUT2D eigenvalue weighted by atomic mass is 19.1. The van der Waals surface area contributed by atoms with Crippen LogP contribution in [0.5, 0.6) is 0 Å². The minimum atomic E-state index is -1.13. The Labute approximate surface area is 118 Å². The van der Waals surface area contributed by atoms with Crippen molar-refractivity contribution in [1.82, 2.24) is 0 Å². The van der Waals surface area contributed by atoms with Crippen molar-refractivity contribution in [3.8, 4) is 0 Å². The van der Waals surface area contributed by atoms with Crippen LogP contribution in [0.2, 0.25) is 0 Å². The minimum absolute atomic E-state index is 0.00426. The van der Waals surface area contributed by atoms with E-state index in [1.807, 2.05) is 0 Å². The Bertz CT molecular complexity index is 684. The number of hydrogen-bond donors (Lipinski definition) is 3. The molecule has 0 aliphatic heterocycles. The van der Waals surface area contributed by atoms with Crippen LogP contribution in [0.1, 0.15) is 10.4 Å². The Kier molecular flexibility index (Phi) is 4.13. The highest BCUT2D eigenvalue weighted by molar-refractivity contribution is 6.00. The van der Waals surface area contributed by atoms with E-state index in [-0.39, 0.29) is 16.9 Å². The van der Waals surface area contributed by atoms with Gasteiger partial charge in [-0.2, -0.15) is 0 Å². The van der Waals surface area contributed by atoms with Gasteiger partial charge < -0.3 is 15.7 Å². The quantitative estimate of drug-likeness (QED) is 0.812. The molecule has 0 atom stereocenters. The zero-order valence-corrected chi connectivity index (χ0v) is 10.6. The third kappa shape index (κ3) is 4.00. The van der Waals surface area contributed by atoms with E-state index < -0.39 is 23.6 Å². The highest BCUT2D eigenvalue weighted by Gasteiger charge is 2.08. The average Bonchev–Trinajstić information content (AvgIpc) is 2.37. The number of hydrogen-bond acceptors (Lipinski definition) is 2. The van der Waals surface area contributed by atoms with Gasteiger partial charge in [-0.25, -0.2) is 18.4 Å². The van der Waals surface area contributed by atoms with Crippen molar-refractivity contribution in [2.24, 2.45) is 0 Å². The molecule has 7 heteroatoms. The normalized spacial score (nSPS) is 10.0. The van der Waals surface area contributed by atoms with Gasteiger partial charge in [0.25, 0.3) is 0 Å². The summed E-state index contributed by atoms with van der Waals surface area (Å²) in [6.45, 7) is 0. The number of rotatable bonds is 3. The maximum absolute atomic E-state index is 13.0. The molecule has 2 aromatic rings. The molecule has 2 aromatic carbocycles. The number of anilines is 2. The molecule has 5 nitrogen and oxygen atoms in total. The second-order valence-corrected chi connectivity index (χ2v) is 4.12. The standard InChI is InChI=1S/C14H10F2N2O3/c15-9-5-10(16)7-12(6-9)18-14(21)17-11-3-1-2-8(4-11)13(19)20/h1-7H,(H,19,20)(H2,17,18,21). The largest absolute Gasteiger partial charge is 0.478 e. The molecule has 0 spiro atoms. The van der Waals surface area contributed by atoms with E-state index in [2.05, 4.69) is 10.6 Å². The van der Waals surface area contributed by atoms with Gasteiger partial charge in [-0.1, -0.05) is 6.07 Å². The first-order valence-corrected chi connectivity index (χ1v) is 5.81. The molecular formula is C14H10F2N2O3. The smallest absolute Gasteiger partial charge is 0.335 e. The molecule has 0 aliphatic carbocycles. The molecule has 0 aromatic heterocycles. The summed E-state index contributed by atoms with van der Waals surface area (Å²) in [6.07, 6.45) is 0. The number of carboxylic acids is 1. The van der Waals surface area contributed by atoms with Crippen LogP contribution in [-0.2, 0) is 0 Å². The molecule has 2 amide bonds. The molecule has 108 valence electrons. The van der Waals surface area contributed by atoms with Gasteiger partial charge in [-0.3, -0.25) is 0 Å². The maximum atomic E-state index is 13.0. The van der Waals surface area contributed by atoms with Crippen LogP contribution in [-0.4, -0.2) is 17.1 Å². The van der Waals surface area contributed by atoms with Crippen molar-refractivity contribution in [2.75, 3.05) is 10.6 Å². The molecule has 0 saturated carbocycles. The number of amides is 2. The molecule has 21 heavy (non-hydrogen) atoms. The molecule has 0 fully saturated rings. The maximum Gasteiger partial charge on any atom is 0.335 e. The summed E-state index contributed by atoms with van der Waals surface area (Å²) in [5.41, 5.74) is 0.188. The Morgan fingerprint density at radius 1 is 0.905 bits per heavy atom. The number of aromatic carboxylic acids is 1. The lowest BCUT2D eigenvalue weighted by atomic mass is 10.2. The fourth-order valence-electron chi connectivity index (χ4n) is 1.65.